The fourth-order valence-corrected chi connectivity index (χ4v) is 2.48. The molecule has 0 saturated heterocycles. The number of hydrogen-bond acceptors (Lipinski definition) is 9. The number of tetrazole rings is 1. The first kappa shape index (κ1) is 20.6. The molecule has 0 N–H and O–H groups in total. The van der Waals surface area contributed by atoms with Gasteiger partial charge in [0.1, 0.15) is 12.9 Å². The molecule has 1 aromatic heterocycles. The molecule has 0 radical (unpaired) electrons. The normalized spacial score (nSPS) is 10.7. The van der Waals surface area contributed by atoms with Gasteiger partial charge in [0, 0.05) is 0 Å². The van der Waals surface area contributed by atoms with E-state index < -0.39 is 35.5 Å². The lowest BCUT2D eigenvalue weighted by molar-refractivity contribution is -0.386. The van der Waals surface area contributed by atoms with Gasteiger partial charge in [0.25, 0.3) is 5.69 Å². The van der Waals surface area contributed by atoms with Gasteiger partial charge in [0.2, 0.25) is 0 Å². The fraction of sp³-hybridized carbons (Fsp3) is 0.176. The molecule has 13 heteroatoms. The summed E-state index contributed by atoms with van der Waals surface area (Å²) in [6.45, 7) is -3.69. The minimum Gasteiger partial charge on any atom is -0.493 e. The standard InChI is InChI=1S/C17H13F2N5O6/c1-28-14-6-11(13(24(26)27)7-15(14)30-17(18)19)8-29-16(25)10-2-4-12(5-3-10)23-9-20-21-22-23/h2-7,9,17H,8H2,1H3. The van der Waals surface area contributed by atoms with Gasteiger partial charge in [-0.3, -0.25) is 10.1 Å². The van der Waals surface area contributed by atoms with E-state index in [0.29, 0.717) is 5.69 Å². The van der Waals surface area contributed by atoms with Crippen LogP contribution in [0.15, 0.2) is 42.7 Å². The van der Waals surface area contributed by atoms with Crippen molar-refractivity contribution in [3.8, 4) is 17.2 Å². The summed E-state index contributed by atoms with van der Waals surface area (Å²) in [6, 6.07) is 7.98. The minimum absolute atomic E-state index is 0.0582. The summed E-state index contributed by atoms with van der Waals surface area (Å²) in [7, 11) is 1.18. The third-order valence-electron chi connectivity index (χ3n) is 3.85. The van der Waals surface area contributed by atoms with E-state index in [1.807, 2.05) is 0 Å². The van der Waals surface area contributed by atoms with Crippen LogP contribution in [-0.2, 0) is 11.3 Å². The van der Waals surface area contributed by atoms with Gasteiger partial charge in [-0.2, -0.15) is 8.78 Å². The molecule has 0 spiro atoms. The molecule has 30 heavy (non-hydrogen) atoms. The number of nitro groups is 1. The van der Waals surface area contributed by atoms with E-state index in [2.05, 4.69) is 20.3 Å². The van der Waals surface area contributed by atoms with Crippen molar-refractivity contribution in [1.29, 1.82) is 0 Å². The number of aromatic nitrogens is 4. The van der Waals surface area contributed by atoms with Crippen molar-refractivity contribution < 1.29 is 32.7 Å². The smallest absolute Gasteiger partial charge is 0.387 e. The maximum atomic E-state index is 12.5. The number of esters is 1. The van der Waals surface area contributed by atoms with Gasteiger partial charge in [-0.1, -0.05) is 0 Å². The molecule has 0 aliphatic heterocycles. The van der Waals surface area contributed by atoms with Crippen LogP contribution in [0.5, 0.6) is 11.5 Å². The number of halogens is 2. The van der Waals surface area contributed by atoms with Crippen molar-refractivity contribution in [3.63, 3.8) is 0 Å². The monoisotopic (exact) mass is 421 g/mol. The molecule has 1 heterocycles. The first-order valence-electron chi connectivity index (χ1n) is 8.19. The first-order valence-corrected chi connectivity index (χ1v) is 8.19. The largest absolute Gasteiger partial charge is 0.493 e. The maximum Gasteiger partial charge on any atom is 0.387 e. The van der Waals surface area contributed by atoms with Crippen LogP contribution in [-0.4, -0.2) is 44.8 Å². The number of benzene rings is 2. The average molecular weight is 421 g/mol. The molecule has 0 saturated carbocycles. The van der Waals surface area contributed by atoms with E-state index in [1.165, 1.54) is 30.3 Å². The number of nitrogens with zero attached hydrogens (tertiary/aromatic N) is 5. The lowest BCUT2D eigenvalue weighted by atomic mass is 10.1. The molecule has 3 rings (SSSR count). The van der Waals surface area contributed by atoms with Crippen molar-refractivity contribution >= 4 is 11.7 Å². The molecule has 0 fully saturated rings. The zero-order valence-electron chi connectivity index (χ0n) is 15.3. The van der Waals surface area contributed by atoms with Crippen molar-refractivity contribution in [2.45, 2.75) is 13.2 Å². The second-order valence-electron chi connectivity index (χ2n) is 5.64. The summed E-state index contributed by atoms with van der Waals surface area (Å²) in [4.78, 5) is 22.8. The third kappa shape index (κ3) is 4.63. The molecular weight excluding hydrogens is 408 g/mol. The molecule has 0 atom stereocenters. The van der Waals surface area contributed by atoms with E-state index in [0.717, 1.165) is 12.1 Å². The van der Waals surface area contributed by atoms with Gasteiger partial charge in [-0.15, -0.1) is 5.10 Å². The third-order valence-corrected chi connectivity index (χ3v) is 3.85. The molecule has 0 unspecified atom stereocenters. The number of nitro benzene ring substituents is 1. The first-order chi connectivity index (χ1) is 14.4. The van der Waals surface area contributed by atoms with Gasteiger partial charge in [0.15, 0.2) is 11.5 Å². The maximum absolute atomic E-state index is 12.5. The molecule has 156 valence electrons. The Morgan fingerprint density at radius 3 is 2.53 bits per heavy atom. The predicted octanol–water partition coefficient (Wildman–Crippen LogP) is 2.54. The summed E-state index contributed by atoms with van der Waals surface area (Å²) in [5.41, 5.74) is 0.163. The van der Waals surface area contributed by atoms with Crippen LogP contribution in [0.3, 0.4) is 0 Å². The Morgan fingerprint density at radius 2 is 1.97 bits per heavy atom. The Morgan fingerprint density at radius 1 is 1.23 bits per heavy atom. The van der Waals surface area contributed by atoms with Crippen molar-refractivity contribution in [1.82, 2.24) is 20.2 Å². The zero-order chi connectivity index (χ0) is 21.7. The van der Waals surface area contributed by atoms with Gasteiger partial charge in [-0.05, 0) is 40.8 Å². The predicted molar refractivity (Wildman–Crippen MR) is 94.6 cm³/mol. The van der Waals surface area contributed by atoms with Crippen molar-refractivity contribution in [3.05, 3.63) is 64.0 Å². The Bertz CT molecular complexity index is 1040. The number of carbonyl (C=O) groups is 1. The highest BCUT2D eigenvalue weighted by Gasteiger charge is 2.23. The van der Waals surface area contributed by atoms with Crippen LogP contribution in [0.2, 0.25) is 0 Å². The van der Waals surface area contributed by atoms with Gasteiger partial charge in [-0.25, -0.2) is 9.48 Å². The van der Waals surface area contributed by atoms with Crippen LogP contribution in [0.4, 0.5) is 14.5 Å². The van der Waals surface area contributed by atoms with Crippen LogP contribution < -0.4 is 9.47 Å². The molecule has 0 bridgehead atoms. The Labute approximate surface area is 166 Å². The Balaban J connectivity index is 1.77. The number of hydrogen-bond donors (Lipinski definition) is 0. The molecule has 2 aromatic carbocycles. The minimum atomic E-state index is -3.20. The Hall–Kier alpha value is -4.16. The molecule has 11 nitrogen and oxygen atoms in total. The second-order valence-corrected chi connectivity index (χ2v) is 5.64. The van der Waals surface area contributed by atoms with Crippen LogP contribution in [0.1, 0.15) is 15.9 Å². The highest BCUT2D eigenvalue weighted by molar-refractivity contribution is 5.89. The average Bonchev–Trinajstić information content (AvgIpc) is 3.26. The number of ether oxygens (including phenoxy) is 3. The Kier molecular flexibility index (Phi) is 6.10. The lowest BCUT2D eigenvalue weighted by Gasteiger charge is -2.12. The fourth-order valence-electron chi connectivity index (χ4n) is 2.48. The molecule has 0 amide bonds. The van der Waals surface area contributed by atoms with Crippen molar-refractivity contribution in [2.24, 2.45) is 0 Å². The lowest BCUT2D eigenvalue weighted by Crippen LogP contribution is -2.09. The second kappa shape index (κ2) is 8.89. The highest BCUT2D eigenvalue weighted by atomic mass is 19.3. The number of carbonyl (C=O) groups excluding carboxylic acids is 1. The topological polar surface area (TPSA) is 132 Å². The van der Waals surface area contributed by atoms with E-state index in [4.69, 9.17) is 9.47 Å². The summed E-state index contributed by atoms with van der Waals surface area (Å²) in [6.07, 6.45) is 1.38. The summed E-state index contributed by atoms with van der Waals surface area (Å²) >= 11 is 0. The molecular formula is C17H13F2N5O6. The van der Waals surface area contributed by atoms with E-state index in [9.17, 15) is 23.7 Å². The van der Waals surface area contributed by atoms with Crippen LogP contribution in [0, 0.1) is 10.1 Å². The zero-order valence-corrected chi connectivity index (χ0v) is 15.3. The summed E-state index contributed by atoms with van der Waals surface area (Å²) < 4.78 is 40.7. The number of rotatable bonds is 8. The van der Waals surface area contributed by atoms with Crippen molar-refractivity contribution in [2.75, 3.05) is 7.11 Å². The van der Waals surface area contributed by atoms with E-state index >= 15 is 0 Å². The highest BCUT2D eigenvalue weighted by Crippen LogP contribution is 2.36. The SMILES string of the molecule is COc1cc(COC(=O)c2ccc(-n3cnnn3)cc2)c([N+](=O)[O-])cc1OC(F)F. The van der Waals surface area contributed by atoms with Crippen LogP contribution in [0.25, 0.3) is 5.69 Å². The van der Waals surface area contributed by atoms with Gasteiger partial charge < -0.3 is 14.2 Å². The number of methoxy groups -OCH3 is 1. The van der Waals surface area contributed by atoms with Gasteiger partial charge in [0.05, 0.1) is 34.9 Å². The van der Waals surface area contributed by atoms with E-state index in [1.54, 1.807) is 12.1 Å². The summed E-state index contributed by atoms with van der Waals surface area (Å²) in [5.74, 6) is -1.43. The summed E-state index contributed by atoms with van der Waals surface area (Å²) in [5, 5.41) is 22.0. The molecule has 0 aliphatic rings. The molecule has 0 aliphatic carbocycles. The molecule has 3 aromatic rings. The van der Waals surface area contributed by atoms with E-state index in [-0.39, 0.29) is 16.9 Å². The number of alkyl halides is 2. The van der Waals surface area contributed by atoms with Crippen LogP contribution >= 0.6 is 0 Å². The quantitative estimate of drug-likeness (QED) is 0.306. The van der Waals surface area contributed by atoms with Gasteiger partial charge >= 0.3 is 12.6 Å².